The number of benzene rings is 1. The zero-order valence-corrected chi connectivity index (χ0v) is 16.1. The second kappa shape index (κ2) is 8.22. The number of halogens is 1. The standard InChI is InChI=1S/C21H25FN4O2/c1-25(18-8-11-28-13-18)21(27)16-6-9-26(10-7-16)19-12-23-14-24-20(19)15-2-4-17(22)5-3-15/h2-5,12,14,16,18H,6-11,13H2,1H3/t18-/m0/s1. The Hall–Kier alpha value is -2.54. The van der Waals surface area contributed by atoms with Gasteiger partial charge in [0.05, 0.1) is 30.2 Å². The van der Waals surface area contributed by atoms with Gasteiger partial charge in [-0.05, 0) is 43.5 Å². The number of carbonyl (C=O) groups is 1. The highest BCUT2D eigenvalue weighted by molar-refractivity contribution is 5.80. The van der Waals surface area contributed by atoms with E-state index in [0.717, 1.165) is 55.9 Å². The molecule has 2 saturated heterocycles. The van der Waals surface area contributed by atoms with E-state index < -0.39 is 0 Å². The van der Waals surface area contributed by atoms with Crippen LogP contribution in [0.25, 0.3) is 11.3 Å². The highest BCUT2D eigenvalue weighted by atomic mass is 19.1. The van der Waals surface area contributed by atoms with Gasteiger partial charge < -0.3 is 14.5 Å². The summed E-state index contributed by atoms with van der Waals surface area (Å²) in [5, 5.41) is 0. The molecule has 0 N–H and O–H groups in total. The minimum atomic E-state index is -0.268. The Balaban J connectivity index is 1.44. The number of piperidine rings is 1. The summed E-state index contributed by atoms with van der Waals surface area (Å²) in [5.74, 6) is -0.00515. The van der Waals surface area contributed by atoms with Gasteiger partial charge >= 0.3 is 0 Å². The predicted molar refractivity (Wildman–Crippen MR) is 104 cm³/mol. The first-order valence-corrected chi connectivity index (χ1v) is 9.79. The fourth-order valence-corrected chi connectivity index (χ4v) is 4.05. The molecule has 1 aromatic heterocycles. The van der Waals surface area contributed by atoms with Gasteiger partial charge in [0.1, 0.15) is 12.1 Å². The van der Waals surface area contributed by atoms with Crippen LogP contribution in [0.3, 0.4) is 0 Å². The number of amides is 1. The quantitative estimate of drug-likeness (QED) is 0.811. The van der Waals surface area contributed by atoms with Crippen LogP contribution in [0.1, 0.15) is 19.3 Å². The molecule has 0 unspecified atom stereocenters. The number of likely N-dealkylation sites (N-methyl/N-ethyl adjacent to an activating group) is 1. The number of anilines is 1. The number of hydrogen-bond donors (Lipinski definition) is 0. The molecule has 0 aliphatic carbocycles. The molecule has 6 nitrogen and oxygen atoms in total. The first-order valence-electron chi connectivity index (χ1n) is 9.79. The fourth-order valence-electron chi connectivity index (χ4n) is 4.05. The lowest BCUT2D eigenvalue weighted by molar-refractivity contribution is -0.137. The highest BCUT2D eigenvalue weighted by Gasteiger charge is 2.32. The molecule has 2 fully saturated rings. The highest BCUT2D eigenvalue weighted by Crippen LogP contribution is 2.31. The molecule has 1 aromatic carbocycles. The molecule has 7 heteroatoms. The van der Waals surface area contributed by atoms with E-state index in [1.165, 1.54) is 18.5 Å². The van der Waals surface area contributed by atoms with Crippen LogP contribution >= 0.6 is 0 Å². The second-order valence-electron chi connectivity index (χ2n) is 7.49. The molecule has 0 saturated carbocycles. The van der Waals surface area contributed by atoms with E-state index in [9.17, 15) is 9.18 Å². The summed E-state index contributed by atoms with van der Waals surface area (Å²) < 4.78 is 18.7. The van der Waals surface area contributed by atoms with Crippen molar-refractivity contribution in [1.29, 1.82) is 0 Å². The average Bonchev–Trinajstić information content (AvgIpc) is 3.28. The number of hydrogen-bond acceptors (Lipinski definition) is 5. The maximum absolute atomic E-state index is 13.3. The Labute approximate surface area is 164 Å². The SMILES string of the molecule is CN(C(=O)C1CCN(c2cncnc2-c2ccc(F)cc2)CC1)[C@H]1CCOC1. The summed E-state index contributed by atoms with van der Waals surface area (Å²) in [5.41, 5.74) is 2.58. The molecule has 2 aliphatic rings. The molecule has 148 valence electrons. The third kappa shape index (κ3) is 3.85. The number of nitrogens with zero attached hydrogens (tertiary/aromatic N) is 4. The monoisotopic (exact) mass is 384 g/mol. The third-order valence-electron chi connectivity index (χ3n) is 5.80. The van der Waals surface area contributed by atoms with Gasteiger partial charge in [0, 0.05) is 38.2 Å². The molecule has 0 spiro atoms. The van der Waals surface area contributed by atoms with Crippen LogP contribution in [0, 0.1) is 11.7 Å². The van der Waals surface area contributed by atoms with Crippen molar-refractivity contribution >= 4 is 11.6 Å². The molecule has 3 heterocycles. The Morgan fingerprint density at radius 2 is 1.96 bits per heavy atom. The predicted octanol–water partition coefficient (Wildman–Crippen LogP) is 2.75. The van der Waals surface area contributed by atoms with E-state index in [-0.39, 0.29) is 23.7 Å². The molecule has 4 rings (SSSR count). The normalized spacial score (nSPS) is 20.4. The van der Waals surface area contributed by atoms with Gasteiger partial charge in [-0.15, -0.1) is 0 Å². The van der Waals surface area contributed by atoms with Crippen molar-refractivity contribution in [2.45, 2.75) is 25.3 Å². The maximum atomic E-state index is 13.3. The lowest BCUT2D eigenvalue weighted by Crippen LogP contribution is -2.45. The van der Waals surface area contributed by atoms with E-state index in [0.29, 0.717) is 6.61 Å². The summed E-state index contributed by atoms with van der Waals surface area (Å²) in [7, 11) is 1.89. The van der Waals surface area contributed by atoms with Crippen LogP contribution < -0.4 is 4.90 Å². The Morgan fingerprint density at radius 3 is 2.64 bits per heavy atom. The molecule has 1 amide bonds. The number of rotatable bonds is 4. The van der Waals surface area contributed by atoms with Crippen LogP contribution in [-0.4, -0.2) is 60.2 Å². The first kappa shape index (κ1) is 18.8. The molecular formula is C21H25FN4O2. The summed E-state index contributed by atoms with van der Waals surface area (Å²) >= 11 is 0. The van der Waals surface area contributed by atoms with Crippen LogP contribution in [0.15, 0.2) is 36.8 Å². The van der Waals surface area contributed by atoms with Crippen molar-refractivity contribution in [3.8, 4) is 11.3 Å². The summed E-state index contributed by atoms with van der Waals surface area (Å²) in [6.45, 7) is 2.92. The molecule has 2 aliphatic heterocycles. The van der Waals surface area contributed by atoms with E-state index in [1.807, 2.05) is 11.9 Å². The van der Waals surface area contributed by atoms with Crippen molar-refractivity contribution in [2.24, 2.45) is 5.92 Å². The van der Waals surface area contributed by atoms with Crippen molar-refractivity contribution < 1.29 is 13.9 Å². The van der Waals surface area contributed by atoms with Crippen LogP contribution in [-0.2, 0) is 9.53 Å². The van der Waals surface area contributed by atoms with Crippen molar-refractivity contribution in [3.05, 3.63) is 42.6 Å². The molecular weight excluding hydrogens is 359 g/mol. The van der Waals surface area contributed by atoms with E-state index in [2.05, 4.69) is 14.9 Å². The number of aromatic nitrogens is 2. The first-order chi connectivity index (χ1) is 13.6. The number of carbonyl (C=O) groups excluding carboxylic acids is 1. The Kier molecular flexibility index (Phi) is 5.52. The summed E-state index contributed by atoms with van der Waals surface area (Å²) in [6, 6.07) is 6.55. The molecule has 0 radical (unpaired) electrons. The molecule has 28 heavy (non-hydrogen) atoms. The second-order valence-corrected chi connectivity index (χ2v) is 7.49. The summed E-state index contributed by atoms with van der Waals surface area (Å²) in [4.78, 5) is 25.5. The van der Waals surface area contributed by atoms with Crippen molar-refractivity contribution in [1.82, 2.24) is 14.9 Å². The molecule has 0 bridgehead atoms. The topological polar surface area (TPSA) is 58.6 Å². The lowest BCUT2D eigenvalue weighted by Gasteiger charge is -2.36. The van der Waals surface area contributed by atoms with E-state index >= 15 is 0 Å². The average molecular weight is 384 g/mol. The van der Waals surface area contributed by atoms with Gasteiger partial charge in [-0.3, -0.25) is 4.79 Å². The van der Waals surface area contributed by atoms with Gasteiger partial charge in [0.2, 0.25) is 5.91 Å². The van der Waals surface area contributed by atoms with Crippen molar-refractivity contribution in [3.63, 3.8) is 0 Å². The Morgan fingerprint density at radius 1 is 1.21 bits per heavy atom. The third-order valence-corrected chi connectivity index (χ3v) is 5.80. The lowest BCUT2D eigenvalue weighted by atomic mass is 9.94. The zero-order valence-electron chi connectivity index (χ0n) is 16.1. The minimum Gasteiger partial charge on any atom is -0.379 e. The van der Waals surface area contributed by atoms with Gasteiger partial charge in [0.15, 0.2) is 0 Å². The maximum Gasteiger partial charge on any atom is 0.225 e. The van der Waals surface area contributed by atoms with Gasteiger partial charge in [-0.1, -0.05) is 0 Å². The van der Waals surface area contributed by atoms with Gasteiger partial charge in [0.25, 0.3) is 0 Å². The summed E-state index contributed by atoms with van der Waals surface area (Å²) in [6.07, 6.45) is 5.83. The smallest absolute Gasteiger partial charge is 0.225 e. The van der Waals surface area contributed by atoms with E-state index in [4.69, 9.17) is 4.74 Å². The van der Waals surface area contributed by atoms with Crippen LogP contribution in [0.5, 0.6) is 0 Å². The molecule has 1 atom stereocenters. The van der Waals surface area contributed by atoms with Crippen molar-refractivity contribution in [2.75, 3.05) is 38.3 Å². The van der Waals surface area contributed by atoms with E-state index in [1.54, 1.807) is 18.3 Å². The zero-order chi connectivity index (χ0) is 19.5. The van der Waals surface area contributed by atoms with Crippen LogP contribution in [0.2, 0.25) is 0 Å². The minimum absolute atomic E-state index is 0.0424. The van der Waals surface area contributed by atoms with Gasteiger partial charge in [-0.25, -0.2) is 14.4 Å². The van der Waals surface area contributed by atoms with Gasteiger partial charge in [-0.2, -0.15) is 0 Å². The molecule has 2 aromatic rings. The number of ether oxygens (including phenoxy) is 1. The Bertz CT molecular complexity index is 815. The van der Waals surface area contributed by atoms with Crippen LogP contribution in [0.4, 0.5) is 10.1 Å². The largest absolute Gasteiger partial charge is 0.379 e. The fraction of sp³-hybridized carbons (Fsp3) is 0.476.